The lowest BCUT2D eigenvalue weighted by Crippen LogP contribution is -2.30. The fraction of sp³-hybridized carbons (Fsp3) is 0.320. The predicted octanol–water partition coefficient (Wildman–Crippen LogP) is 4.36. The molecule has 33 heavy (non-hydrogen) atoms. The zero-order valence-electron chi connectivity index (χ0n) is 17.9. The number of furan rings is 1. The number of hydrogen-bond acceptors (Lipinski definition) is 7. The molecule has 4 aromatic rings. The lowest BCUT2D eigenvalue weighted by molar-refractivity contribution is -0.0286. The van der Waals surface area contributed by atoms with E-state index in [1.54, 1.807) is 12.4 Å². The van der Waals surface area contributed by atoms with E-state index in [0.29, 0.717) is 49.1 Å². The van der Waals surface area contributed by atoms with Gasteiger partial charge in [-0.25, -0.2) is 0 Å². The fourth-order valence-electron chi connectivity index (χ4n) is 4.21. The number of hydrogen-bond donors (Lipinski definition) is 0. The minimum atomic E-state index is 0.0735. The maximum atomic E-state index is 9.75. The molecule has 6 rings (SSSR count). The Morgan fingerprint density at radius 1 is 1.06 bits per heavy atom. The van der Waals surface area contributed by atoms with E-state index in [4.69, 9.17) is 18.6 Å². The number of pyridine rings is 1. The Kier molecular flexibility index (Phi) is 5.06. The average Bonchev–Trinajstić information content (AvgIpc) is 3.46. The van der Waals surface area contributed by atoms with E-state index >= 15 is 0 Å². The van der Waals surface area contributed by atoms with Crippen LogP contribution in [0.2, 0.25) is 0 Å². The van der Waals surface area contributed by atoms with Crippen LogP contribution in [0.1, 0.15) is 24.4 Å². The summed E-state index contributed by atoms with van der Waals surface area (Å²) in [4.78, 5) is 4.48. The van der Waals surface area contributed by atoms with E-state index in [1.807, 2.05) is 41.2 Å². The summed E-state index contributed by atoms with van der Waals surface area (Å²) in [7, 11) is 0. The first kappa shape index (κ1) is 20.0. The van der Waals surface area contributed by atoms with E-state index in [1.165, 1.54) is 0 Å². The Morgan fingerprint density at radius 2 is 1.94 bits per heavy atom. The number of aromatic nitrogens is 3. The van der Waals surface area contributed by atoms with Gasteiger partial charge in [-0.3, -0.25) is 9.67 Å². The van der Waals surface area contributed by atoms with Crippen molar-refractivity contribution >= 4 is 11.1 Å². The Hall–Kier alpha value is -3.67. The minimum absolute atomic E-state index is 0.0735. The third kappa shape index (κ3) is 3.75. The molecule has 1 aromatic carbocycles. The first-order valence-corrected chi connectivity index (χ1v) is 11.1. The van der Waals surface area contributed by atoms with Gasteiger partial charge in [0, 0.05) is 36.9 Å². The van der Waals surface area contributed by atoms with Crippen molar-refractivity contribution in [3.05, 3.63) is 54.5 Å². The van der Waals surface area contributed by atoms with Crippen LogP contribution in [-0.4, -0.2) is 47.3 Å². The Balaban J connectivity index is 1.33. The second-order valence-corrected chi connectivity index (χ2v) is 8.34. The number of benzene rings is 1. The van der Waals surface area contributed by atoms with Crippen LogP contribution in [0.5, 0.6) is 5.75 Å². The smallest absolute Gasteiger partial charge is 0.161 e. The van der Waals surface area contributed by atoms with E-state index in [0.717, 1.165) is 35.0 Å². The molecule has 3 aromatic heterocycles. The van der Waals surface area contributed by atoms with Gasteiger partial charge < -0.3 is 18.6 Å². The van der Waals surface area contributed by atoms with Crippen LogP contribution < -0.4 is 4.74 Å². The van der Waals surface area contributed by atoms with Crippen molar-refractivity contribution in [2.24, 2.45) is 0 Å². The third-order valence-corrected chi connectivity index (χ3v) is 6.17. The molecule has 0 amide bonds. The molecule has 0 saturated carbocycles. The summed E-state index contributed by atoms with van der Waals surface area (Å²) in [6.45, 7) is 2.74. The van der Waals surface area contributed by atoms with Crippen molar-refractivity contribution in [2.45, 2.75) is 25.0 Å². The molecule has 8 heteroatoms. The van der Waals surface area contributed by atoms with Crippen LogP contribution in [0.3, 0.4) is 0 Å². The Labute approximate surface area is 190 Å². The maximum absolute atomic E-state index is 9.75. The van der Waals surface area contributed by atoms with Gasteiger partial charge in [0.2, 0.25) is 0 Å². The van der Waals surface area contributed by atoms with E-state index in [9.17, 15) is 5.26 Å². The number of fused-ring (bicyclic) bond motifs is 1. The quantitative estimate of drug-likeness (QED) is 0.453. The van der Waals surface area contributed by atoms with E-state index in [2.05, 4.69) is 16.2 Å². The molecule has 0 radical (unpaired) electrons. The number of ether oxygens (including phenoxy) is 3. The first-order chi connectivity index (χ1) is 16.3. The van der Waals surface area contributed by atoms with Crippen LogP contribution in [0.15, 0.2) is 53.3 Å². The fourth-order valence-corrected chi connectivity index (χ4v) is 4.21. The minimum Gasteiger partial charge on any atom is -0.489 e. The van der Waals surface area contributed by atoms with Gasteiger partial charge in [-0.1, -0.05) is 6.07 Å². The van der Waals surface area contributed by atoms with Crippen molar-refractivity contribution in [3.8, 4) is 34.3 Å². The van der Waals surface area contributed by atoms with Crippen LogP contribution in [-0.2, 0) is 9.47 Å². The second-order valence-electron chi connectivity index (χ2n) is 8.34. The summed E-state index contributed by atoms with van der Waals surface area (Å²) in [6.07, 6.45) is 7.26. The van der Waals surface area contributed by atoms with Gasteiger partial charge in [0.15, 0.2) is 5.58 Å². The molecule has 166 valence electrons. The summed E-state index contributed by atoms with van der Waals surface area (Å²) < 4.78 is 24.9. The normalized spacial score (nSPS) is 17.1. The molecule has 0 atom stereocenters. The van der Waals surface area contributed by atoms with Gasteiger partial charge in [-0.15, -0.1) is 0 Å². The molecule has 0 unspecified atom stereocenters. The van der Waals surface area contributed by atoms with Gasteiger partial charge in [0.25, 0.3) is 0 Å². The van der Waals surface area contributed by atoms with Gasteiger partial charge in [-0.2, -0.15) is 10.4 Å². The standard InChI is InChI=1S/C25H22N4O4/c26-11-17-9-16(1-2-23(17)32-20-4-7-30-8-5-20)21-3-6-27-22-10-24(33-25(21)22)18-12-28-29(13-18)19-14-31-15-19/h1-3,6,9-10,12-13,19-20H,4-5,7-8,14-15H2. The Bertz CT molecular complexity index is 1340. The maximum Gasteiger partial charge on any atom is 0.161 e. The molecular weight excluding hydrogens is 420 g/mol. The van der Waals surface area contributed by atoms with Crippen LogP contribution in [0, 0.1) is 11.3 Å². The topological polar surface area (TPSA) is 95.3 Å². The van der Waals surface area contributed by atoms with E-state index < -0.39 is 0 Å². The van der Waals surface area contributed by atoms with Crippen molar-refractivity contribution in [2.75, 3.05) is 26.4 Å². The lowest BCUT2D eigenvalue weighted by Gasteiger charge is -2.25. The van der Waals surface area contributed by atoms with Crippen molar-refractivity contribution in [1.82, 2.24) is 14.8 Å². The first-order valence-electron chi connectivity index (χ1n) is 11.1. The van der Waals surface area contributed by atoms with Crippen LogP contribution >= 0.6 is 0 Å². The van der Waals surface area contributed by atoms with Crippen molar-refractivity contribution in [3.63, 3.8) is 0 Å². The monoisotopic (exact) mass is 442 g/mol. The van der Waals surface area contributed by atoms with Gasteiger partial charge in [0.1, 0.15) is 29.2 Å². The summed E-state index contributed by atoms with van der Waals surface area (Å²) in [5.41, 5.74) is 4.57. The molecule has 5 heterocycles. The predicted molar refractivity (Wildman–Crippen MR) is 120 cm³/mol. The van der Waals surface area contributed by atoms with Crippen LogP contribution in [0.25, 0.3) is 33.6 Å². The highest BCUT2D eigenvalue weighted by atomic mass is 16.5. The summed E-state index contributed by atoms with van der Waals surface area (Å²) in [6, 6.07) is 12.1. The van der Waals surface area contributed by atoms with Gasteiger partial charge in [-0.05, 0) is 23.8 Å². The largest absolute Gasteiger partial charge is 0.489 e. The van der Waals surface area contributed by atoms with Crippen molar-refractivity contribution in [1.29, 1.82) is 5.26 Å². The van der Waals surface area contributed by atoms with Crippen LogP contribution in [0.4, 0.5) is 0 Å². The molecular formula is C25H22N4O4. The molecule has 2 aliphatic heterocycles. The highest BCUT2D eigenvalue weighted by molar-refractivity contribution is 5.92. The third-order valence-electron chi connectivity index (χ3n) is 6.17. The molecule has 8 nitrogen and oxygen atoms in total. The number of nitriles is 1. The molecule has 0 bridgehead atoms. The second kappa shape index (κ2) is 8.35. The highest BCUT2D eigenvalue weighted by Crippen LogP contribution is 2.36. The Morgan fingerprint density at radius 3 is 2.73 bits per heavy atom. The summed E-state index contributed by atoms with van der Waals surface area (Å²) in [5, 5.41) is 14.2. The average molecular weight is 442 g/mol. The lowest BCUT2D eigenvalue weighted by atomic mass is 10.0. The number of rotatable bonds is 5. The van der Waals surface area contributed by atoms with Gasteiger partial charge >= 0.3 is 0 Å². The molecule has 0 aliphatic carbocycles. The molecule has 2 fully saturated rings. The summed E-state index contributed by atoms with van der Waals surface area (Å²) in [5.74, 6) is 1.31. The summed E-state index contributed by atoms with van der Waals surface area (Å²) >= 11 is 0. The molecule has 0 spiro atoms. The van der Waals surface area contributed by atoms with E-state index in [-0.39, 0.29) is 12.1 Å². The highest BCUT2D eigenvalue weighted by Gasteiger charge is 2.22. The SMILES string of the molecule is N#Cc1cc(-c2ccnc3cc(-c4cnn(C5COC5)c4)oc23)ccc1OC1CCOCC1. The zero-order chi connectivity index (χ0) is 22.2. The molecule has 2 saturated heterocycles. The van der Waals surface area contributed by atoms with Crippen molar-refractivity contribution < 1.29 is 18.6 Å². The zero-order valence-corrected chi connectivity index (χ0v) is 17.9. The molecule has 2 aliphatic rings. The molecule has 0 N–H and O–H groups in total. The number of nitrogens with zero attached hydrogens (tertiary/aromatic N) is 4. The van der Waals surface area contributed by atoms with Gasteiger partial charge in [0.05, 0.1) is 49.8 Å².